The summed E-state index contributed by atoms with van der Waals surface area (Å²) in [5.41, 5.74) is 2.01. The van der Waals surface area contributed by atoms with Crippen molar-refractivity contribution >= 4 is 16.7 Å². The summed E-state index contributed by atoms with van der Waals surface area (Å²) in [6.45, 7) is 1.79. The number of amides is 1. The predicted molar refractivity (Wildman–Crippen MR) is 115 cm³/mol. The molecule has 0 spiro atoms. The number of fused-ring (bicyclic) bond motifs is 1. The van der Waals surface area contributed by atoms with Gasteiger partial charge in [0.2, 0.25) is 5.56 Å². The number of ether oxygens (including phenoxy) is 1. The first kappa shape index (κ1) is 19.2. The summed E-state index contributed by atoms with van der Waals surface area (Å²) >= 11 is 0. The minimum absolute atomic E-state index is 0.0255. The Bertz CT molecular complexity index is 1100. The van der Waals surface area contributed by atoms with Gasteiger partial charge in [-0.15, -0.1) is 0 Å². The summed E-state index contributed by atoms with van der Waals surface area (Å²) in [5, 5.41) is 5.20. The van der Waals surface area contributed by atoms with Crippen LogP contribution < -0.4 is 15.6 Å². The van der Waals surface area contributed by atoms with E-state index < -0.39 is 6.10 Å². The molecule has 1 unspecified atom stereocenters. The molecule has 0 radical (unpaired) electrons. The molecule has 1 atom stereocenters. The molecular weight excluding hydrogens is 364 g/mol. The molecular formula is C24H26N2O3. The van der Waals surface area contributed by atoms with Crippen LogP contribution in [0.3, 0.4) is 0 Å². The van der Waals surface area contributed by atoms with E-state index >= 15 is 0 Å². The highest BCUT2D eigenvalue weighted by atomic mass is 16.5. The summed E-state index contributed by atoms with van der Waals surface area (Å²) in [4.78, 5) is 24.0. The fourth-order valence-corrected chi connectivity index (χ4v) is 3.89. The minimum Gasteiger partial charge on any atom is -0.481 e. The number of pyridine rings is 1. The van der Waals surface area contributed by atoms with Crippen LogP contribution >= 0.6 is 0 Å². The molecule has 3 aromatic rings. The molecule has 5 heteroatoms. The van der Waals surface area contributed by atoms with Crippen LogP contribution in [0.1, 0.15) is 32.6 Å². The third-order valence-corrected chi connectivity index (χ3v) is 5.61. The molecule has 5 nitrogen and oxygen atoms in total. The summed E-state index contributed by atoms with van der Waals surface area (Å²) in [7, 11) is 1.75. The van der Waals surface area contributed by atoms with Gasteiger partial charge < -0.3 is 14.6 Å². The summed E-state index contributed by atoms with van der Waals surface area (Å²) in [6.07, 6.45) is 5.81. The summed E-state index contributed by atoms with van der Waals surface area (Å²) in [5.74, 6) is 0.628. The molecule has 1 aliphatic rings. The van der Waals surface area contributed by atoms with Crippen molar-refractivity contribution in [1.82, 2.24) is 9.88 Å². The fourth-order valence-electron chi connectivity index (χ4n) is 3.89. The smallest absolute Gasteiger partial charge is 0.260 e. The molecule has 0 saturated heterocycles. The number of hydrogen-bond donors (Lipinski definition) is 1. The number of hydrogen-bond acceptors (Lipinski definition) is 3. The quantitative estimate of drug-likeness (QED) is 0.715. The Labute approximate surface area is 170 Å². The van der Waals surface area contributed by atoms with Crippen molar-refractivity contribution in [2.75, 3.05) is 0 Å². The zero-order valence-electron chi connectivity index (χ0n) is 16.9. The van der Waals surface area contributed by atoms with Crippen LogP contribution in [0.2, 0.25) is 0 Å². The average molecular weight is 390 g/mol. The lowest BCUT2D eigenvalue weighted by molar-refractivity contribution is -0.127. The van der Waals surface area contributed by atoms with Crippen molar-refractivity contribution in [2.45, 2.75) is 44.8 Å². The largest absolute Gasteiger partial charge is 0.481 e. The first-order valence-electron chi connectivity index (χ1n) is 10.2. The third kappa shape index (κ3) is 4.34. The number of rotatable bonds is 5. The number of carbonyl (C=O) groups excluding carboxylic acids is 1. The van der Waals surface area contributed by atoms with Crippen molar-refractivity contribution in [3.05, 3.63) is 65.1 Å². The zero-order valence-corrected chi connectivity index (χ0v) is 16.9. The van der Waals surface area contributed by atoms with Crippen LogP contribution in [0.25, 0.3) is 21.9 Å². The molecule has 0 bridgehead atoms. The molecule has 1 amide bonds. The molecule has 4 rings (SSSR count). The Morgan fingerprint density at radius 2 is 1.72 bits per heavy atom. The van der Waals surface area contributed by atoms with Crippen LogP contribution in [0.15, 0.2) is 59.5 Å². The van der Waals surface area contributed by atoms with Crippen molar-refractivity contribution in [2.24, 2.45) is 7.05 Å². The van der Waals surface area contributed by atoms with Gasteiger partial charge in [-0.25, -0.2) is 0 Å². The van der Waals surface area contributed by atoms with Gasteiger partial charge in [-0.1, -0.05) is 31.0 Å². The molecule has 150 valence electrons. The van der Waals surface area contributed by atoms with Crippen LogP contribution in [0.5, 0.6) is 5.75 Å². The summed E-state index contributed by atoms with van der Waals surface area (Å²) in [6, 6.07) is 15.7. The molecule has 1 aliphatic carbocycles. The number of aromatic nitrogens is 1. The average Bonchev–Trinajstić information content (AvgIpc) is 3.22. The minimum atomic E-state index is -0.530. The zero-order chi connectivity index (χ0) is 20.4. The molecule has 1 saturated carbocycles. The van der Waals surface area contributed by atoms with Crippen LogP contribution in [-0.4, -0.2) is 22.6 Å². The van der Waals surface area contributed by atoms with Gasteiger partial charge >= 0.3 is 0 Å². The Morgan fingerprint density at radius 1 is 1.03 bits per heavy atom. The highest BCUT2D eigenvalue weighted by Gasteiger charge is 2.21. The second-order valence-electron chi connectivity index (χ2n) is 7.84. The van der Waals surface area contributed by atoms with Crippen molar-refractivity contribution in [3.8, 4) is 16.9 Å². The van der Waals surface area contributed by atoms with Gasteiger partial charge in [0.05, 0.1) is 0 Å². The topological polar surface area (TPSA) is 60.3 Å². The highest BCUT2D eigenvalue weighted by molar-refractivity contribution is 5.88. The Hall–Kier alpha value is -3.08. The number of benzene rings is 2. The van der Waals surface area contributed by atoms with Crippen LogP contribution in [0, 0.1) is 0 Å². The van der Waals surface area contributed by atoms with Crippen LogP contribution in [0.4, 0.5) is 0 Å². The Morgan fingerprint density at radius 3 is 2.48 bits per heavy atom. The van der Waals surface area contributed by atoms with Gasteiger partial charge in [-0.05, 0) is 65.9 Å². The first-order valence-corrected chi connectivity index (χ1v) is 10.2. The van der Waals surface area contributed by atoms with Crippen molar-refractivity contribution in [3.63, 3.8) is 0 Å². The lowest BCUT2D eigenvalue weighted by atomic mass is 10.0. The standard InChI is InChI=1S/C24H26N2O3/c1-16(24(28)25-21-5-3-4-6-21)29-22-11-9-17-13-18(7-8-19(17)14-22)20-10-12-23(27)26(2)15-20/h7-16,21H,3-6H2,1-2H3,(H,25,28). The van der Waals surface area contributed by atoms with E-state index in [1.807, 2.05) is 42.6 Å². The number of nitrogens with one attached hydrogen (secondary N) is 1. The molecule has 2 aromatic carbocycles. The normalized spacial score (nSPS) is 15.4. The molecule has 1 aromatic heterocycles. The van der Waals surface area contributed by atoms with E-state index in [-0.39, 0.29) is 11.5 Å². The van der Waals surface area contributed by atoms with Crippen LogP contribution in [-0.2, 0) is 11.8 Å². The SMILES string of the molecule is CC(Oc1ccc2cc(-c3ccc(=O)n(C)c3)ccc2c1)C(=O)NC1CCCC1. The lowest BCUT2D eigenvalue weighted by Crippen LogP contribution is -2.41. The van der Waals surface area contributed by atoms with Gasteiger partial charge in [0.1, 0.15) is 5.75 Å². The third-order valence-electron chi connectivity index (χ3n) is 5.61. The predicted octanol–water partition coefficient (Wildman–Crippen LogP) is 4.03. The van der Waals surface area contributed by atoms with Gasteiger partial charge in [-0.3, -0.25) is 9.59 Å². The van der Waals surface area contributed by atoms with Crippen molar-refractivity contribution < 1.29 is 9.53 Å². The fraction of sp³-hybridized carbons (Fsp3) is 0.333. The van der Waals surface area contributed by atoms with Crippen molar-refractivity contribution in [1.29, 1.82) is 0 Å². The maximum Gasteiger partial charge on any atom is 0.260 e. The maximum atomic E-state index is 12.4. The second-order valence-corrected chi connectivity index (χ2v) is 7.84. The van der Waals surface area contributed by atoms with Gasteiger partial charge in [0.25, 0.3) is 5.91 Å². The number of nitrogens with zero attached hydrogens (tertiary/aromatic N) is 1. The van der Waals surface area contributed by atoms with E-state index in [1.165, 1.54) is 12.8 Å². The second kappa shape index (κ2) is 8.11. The molecule has 0 aliphatic heterocycles. The highest BCUT2D eigenvalue weighted by Crippen LogP contribution is 2.27. The first-order chi connectivity index (χ1) is 14.0. The van der Waals surface area contributed by atoms with Gasteiger partial charge in [0.15, 0.2) is 6.10 Å². The van der Waals surface area contributed by atoms with Gasteiger partial charge in [-0.2, -0.15) is 0 Å². The van der Waals surface area contributed by atoms with E-state index in [0.29, 0.717) is 11.8 Å². The Balaban J connectivity index is 1.49. The molecule has 1 heterocycles. The van der Waals surface area contributed by atoms with E-state index in [4.69, 9.17) is 4.74 Å². The number of aryl methyl sites for hydroxylation is 1. The Kier molecular flexibility index (Phi) is 5.38. The molecule has 29 heavy (non-hydrogen) atoms. The lowest BCUT2D eigenvalue weighted by Gasteiger charge is -2.18. The summed E-state index contributed by atoms with van der Waals surface area (Å²) < 4.78 is 7.47. The van der Waals surface area contributed by atoms with E-state index in [9.17, 15) is 9.59 Å². The molecule has 1 N–H and O–H groups in total. The number of carbonyl (C=O) groups is 1. The molecule has 1 fully saturated rings. The van der Waals surface area contributed by atoms with E-state index in [1.54, 1.807) is 24.6 Å². The van der Waals surface area contributed by atoms with E-state index in [2.05, 4.69) is 11.4 Å². The van der Waals surface area contributed by atoms with Gasteiger partial charge in [0, 0.05) is 25.4 Å². The maximum absolute atomic E-state index is 12.4. The monoisotopic (exact) mass is 390 g/mol. The van der Waals surface area contributed by atoms with E-state index in [0.717, 1.165) is 34.7 Å².